The fourth-order valence-corrected chi connectivity index (χ4v) is 4.38. The van der Waals surface area contributed by atoms with Crippen LogP contribution in [-0.2, 0) is 10.2 Å². The van der Waals surface area contributed by atoms with Gasteiger partial charge < -0.3 is 14.6 Å². The van der Waals surface area contributed by atoms with Gasteiger partial charge in [0, 0.05) is 12.0 Å². The molecule has 1 heterocycles. The molecule has 0 unspecified atom stereocenters. The minimum atomic E-state index is -0.799. The number of fused-ring (bicyclic) bond motifs is 1. The molecule has 23 heavy (non-hydrogen) atoms. The van der Waals surface area contributed by atoms with Crippen LogP contribution in [0.15, 0.2) is 10.5 Å². The number of rotatable bonds is 3. The van der Waals surface area contributed by atoms with Gasteiger partial charge in [0.1, 0.15) is 0 Å². The smallest absolute Gasteiger partial charge is 0.314 e. The number of benzene rings is 1. The number of aliphatic carboxylic acids is 1. The largest absolute Gasteiger partial charge is 0.489 e. The Labute approximate surface area is 145 Å². The second-order valence-electron chi connectivity index (χ2n) is 6.78. The van der Waals surface area contributed by atoms with E-state index in [9.17, 15) is 9.90 Å². The molecule has 4 nitrogen and oxygen atoms in total. The Morgan fingerprint density at radius 2 is 1.78 bits per heavy atom. The Hall–Kier alpha value is -1.23. The van der Waals surface area contributed by atoms with Crippen LogP contribution in [0, 0.1) is 0 Å². The van der Waals surface area contributed by atoms with Crippen molar-refractivity contribution < 1.29 is 19.4 Å². The highest BCUT2D eigenvalue weighted by Crippen LogP contribution is 2.51. The first-order chi connectivity index (χ1) is 11.0. The molecule has 1 aromatic rings. The summed E-state index contributed by atoms with van der Waals surface area (Å²) in [5.41, 5.74) is 1.09. The summed E-state index contributed by atoms with van der Waals surface area (Å²) >= 11 is 3.57. The molecule has 1 aliphatic carbocycles. The van der Waals surface area contributed by atoms with E-state index in [2.05, 4.69) is 29.8 Å². The maximum Gasteiger partial charge on any atom is 0.314 e. The third-order valence-corrected chi connectivity index (χ3v) is 5.56. The minimum Gasteiger partial charge on any atom is -0.489 e. The van der Waals surface area contributed by atoms with Gasteiger partial charge in [0.2, 0.25) is 0 Å². The zero-order valence-electron chi connectivity index (χ0n) is 13.7. The Morgan fingerprint density at radius 3 is 2.35 bits per heavy atom. The Kier molecular flexibility index (Phi) is 4.59. The summed E-state index contributed by atoms with van der Waals surface area (Å²) in [5, 5.41) is 9.99. The zero-order chi connectivity index (χ0) is 16.6. The highest BCUT2D eigenvalue weighted by Gasteiger charge is 2.46. The van der Waals surface area contributed by atoms with Crippen molar-refractivity contribution in [2.75, 3.05) is 13.2 Å². The van der Waals surface area contributed by atoms with E-state index in [1.165, 1.54) is 0 Å². The van der Waals surface area contributed by atoms with Crippen molar-refractivity contribution >= 4 is 21.9 Å². The molecule has 0 amide bonds. The first kappa shape index (κ1) is 16.6. The maximum atomic E-state index is 12.2. The molecule has 0 bridgehead atoms. The molecular formula is C18H23BrO4. The summed E-state index contributed by atoms with van der Waals surface area (Å²) in [4.78, 5) is 12.2. The second kappa shape index (κ2) is 6.34. The van der Waals surface area contributed by atoms with E-state index < -0.39 is 11.4 Å². The number of carboxylic acid groups (broad SMARTS) is 1. The van der Waals surface area contributed by atoms with Gasteiger partial charge in [-0.05, 0) is 46.3 Å². The van der Waals surface area contributed by atoms with Crippen molar-refractivity contribution in [1.82, 2.24) is 0 Å². The van der Waals surface area contributed by atoms with E-state index in [4.69, 9.17) is 9.47 Å². The summed E-state index contributed by atoms with van der Waals surface area (Å²) in [5.74, 6) is 0.895. The minimum absolute atomic E-state index is 0.172. The van der Waals surface area contributed by atoms with Gasteiger partial charge >= 0.3 is 5.97 Å². The third-order valence-electron chi connectivity index (χ3n) is 4.97. The lowest BCUT2D eigenvalue weighted by Gasteiger charge is -2.30. The number of ether oxygens (including phenoxy) is 2. The zero-order valence-corrected chi connectivity index (χ0v) is 15.2. The lowest BCUT2D eigenvalue weighted by Crippen LogP contribution is -2.34. The fraction of sp³-hybridized carbons (Fsp3) is 0.611. The lowest BCUT2D eigenvalue weighted by atomic mass is 9.74. The van der Waals surface area contributed by atoms with Crippen molar-refractivity contribution in [2.24, 2.45) is 0 Å². The Morgan fingerprint density at radius 1 is 1.17 bits per heavy atom. The van der Waals surface area contributed by atoms with Crippen LogP contribution in [0.1, 0.15) is 63.0 Å². The maximum absolute atomic E-state index is 12.2. The van der Waals surface area contributed by atoms with Crippen molar-refractivity contribution in [1.29, 1.82) is 0 Å². The van der Waals surface area contributed by atoms with E-state index in [0.717, 1.165) is 40.6 Å². The van der Waals surface area contributed by atoms with Crippen LogP contribution in [0.3, 0.4) is 0 Å². The average molecular weight is 383 g/mol. The van der Waals surface area contributed by atoms with E-state index in [0.29, 0.717) is 31.8 Å². The van der Waals surface area contributed by atoms with Gasteiger partial charge in [-0.15, -0.1) is 0 Å². The molecule has 3 rings (SSSR count). The first-order valence-electron chi connectivity index (χ1n) is 8.33. The van der Waals surface area contributed by atoms with Gasteiger partial charge in [0.25, 0.3) is 0 Å². The standard InChI is InChI=1S/C18H23BrO4/c1-11(2)14-12(18(17(20)21)6-3-4-7-18)10-13(19)15-16(14)23-9-5-8-22-15/h10-11H,3-9H2,1-2H3,(H,20,21). The van der Waals surface area contributed by atoms with Gasteiger partial charge in [-0.1, -0.05) is 26.7 Å². The number of carboxylic acids is 1. The monoisotopic (exact) mass is 382 g/mol. The molecule has 0 saturated heterocycles. The van der Waals surface area contributed by atoms with Gasteiger partial charge in [0.05, 0.1) is 23.1 Å². The number of hydrogen-bond donors (Lipinski definition) is 1. The normalized spacial score (nSPS) is 19.7. The van der Waals surface area contributed by atoms with Crippen LogP contribution in [-0.4, -0.2) is 24.3 Å². The molecule has 0 atom stereocenters. The van der Waals surface area contributed by atoms with Crippen LogP contribution >= 0.6 is 15.9 Å². The van der Waals surface area contributed by atoms with Crippen molar-refractivity contribution in [3.05, 3.63) is 21.7 Å². The summed E-state index contributed by atoms with van der Waals surface area (Å²) < 4.78 is 12.7. The van der Waals surface area contributed by atoms with E-state index >= 15 is 0 Å². The first-order valence-corrected chi connectivity index (χ1v) is 9.12. The summed E-state index contributed by atoms with van der Waals surface area (Å²) in [6, 6.07) is 1.96. The Balaban J connectivity index is 2.26. The van der Waals surface area contributed by atoms with Crippen LogP contribution in [0.2, 0.25) is 0 Å². The Bertz CT molecular complexity index is 618. The molecule has 1 saturated carbocycles. The number of halogens is 1. The van der Waals surface area contributed by atoms with Crippen LogP contribution < -0.4 is 9.47 Å². The summed E-state index contributed by atoms with van der Waals surface area (Å²) in [6.07, 6.45) is 4.12. The molecule has 1 aliphatic heterocycles. The van der Waals surface area contributed by atoms with Crippen LogP contribution in [0.25, 0.3) is 0 Å². The fourth-order valence-electron chi connectivity index (χ4n) is 3.85. The van der Waals surface area contributed by atoms with Crippen molar-refractivity contribution in [2.45, 2.75) is 57.3 Å². The van der Waals surface area contributed by atoms with Gasteiger partial charge in [-0.2, -0.15) is 0 Å². The van der Waals surface area contributed by atoms with Gasteiger partial charge in [-0.25, -0.2) is 0 Å². The van der Waals surface area contributed by atoms with E-state index in [1.807, 2.05) is 6.07 Å². The number of carbonyl (C=O) groups is 1. The molecule has 126 valence electrons. The van der Waals surface area contributed by atoms with Crippen LogP contribution in [0.4, 0.5) is 0 Å². The molecule has 0 aromatic heterocycles. The van der Waals surface area contributed by atoms with Crippen molar-refractivity contribution in [3.8, 4) is 11.5 Å². The molecular weight excluding hydrogens is 360 g/mol. The van der Waals surface area contributed by atoms with Gasteiger partial charge in [0.15, 0.2) is 11.5 Å². The van der Waals surface area contributed by atoms with E-state index in [1.54, 1.807) is 0 Å². The molecule has 0 radical (unpaired) electrons. The number of hydrogen-bond acceptors (Lipinski definition) is 3. The summed E-state index contributed by atoms with van der Waals surface area (Å²) in [7, 11) is 0. The average Bonchev–Trinajstić information content (AvgIpc) is 2.87. The SMILES string of the molecule is CC(C)c1c(C2(C(=O)O)CCCC2)cc(Br)c2c1OCCCO2. The highest BCUT2D eigenvalue weighted by molar-refractivity contribution is 9.10. The predicted molar refractivity (Wildman–Crippen MR) is 91.6 cm³/mol. The molecule has 1 fully saturated rings. The topological polar surface area (TPSA) is 55.8 Å². The third kappa shape index (κ3) is 2.73. The van der Waals surface area contributed by atoms with E-state index in [-0.39, 0.29) is 5.92 Å². The lowest BCUT2D eigenvalue weighted by molar-refractivity contribution is -0.143. The predicted octanol–water partition coefficient (Wildman–Crippen LogP) is 4.63. The quantitative estimate of drug-likeness (QED) is 0.827. The molecule has 2 aliphatic rings. The molecule has 5 heteroatoms. The highest BCUT2D eigenvalue weighted by atomic mass is 79.9. The van der Waals surface area contributed by atoms with Crippen molar-refractivity contribution in [3.63, 3.8) is 0 Å². The molecule has 0 spiro atoms. The molecule has 1 N–H and O–H groups in total. The summed E-state index contributed by atoms with van der Waals surface area (Å²) in [6.45, 7) is 5.40. The second-order valence-corrected chi connectivity index (χ2v) is 7.63. The van der Waals surface area contributed by atoms with Gasteiger partial charge in [-0.3, -0.25) is 4.79 Å². The van der Waals surface area contributed by atoms with Crippen LogP contribution in [0.5, 0.6) is 11.5 Å². The molecule has 1 aromatic carbocycles.